The van der Waals surface area contributed by atoms with Crippen LogP contribution in [0.4, 0.5) is 0 Å². The molecule has 24 heavy (non-hydrogen) atoms. The van der Waals surface area contributed by atoms with Gasteiger partial charge in [0.15, 0.2) is 0 Å². The highest BCUT2D eigenvalue weighted by atomic mass is 16.1. The molecule has 0 unspecified atom stereocenters. The number of amides is 1. The van der Waals surface area contributed by atoms with Gasteiger partial charge in [-0.3, -0.25) is 4.79 Å². The van der Waals surface area contributed by atoms with E-state index in [0.717, 1.165) is 49.5 Å². The van der Waals surface area contributed by atoms with Crippen LogP contribution in [0.3, 0.4) is 0 Å². The van der Waals surface area contributed by atoms with Gasteiger partial charge in [0, 0.05) is 23.6 Å². The Balaban J connectivity index is 1.59. The first kappa shape index (κ1) is 15.9. The Morgan fingerprint density at radius 3 is 2.62 bits per heavy atom. The standard InChI is InChI=1S/C21H28N2O/c1-15(2)23-11-9-21(10-12-23)13-18(17-5-3-4-6-19(17)21)20(24)22-14-16-7-8-16/h3-6,13,15-16H,7-12,14H2,1-2H3,(H,22,24). The fourth-order valence-corrected chi connectivity index (χ4v) is 4.28. The second-order valence-electron chi connectivity index (χ2n) is 8.04. The third-order valence-electron chi connectivity index (χ3n) is 6.09. The zero-order valence-electron chi connectivity index (χ0n) is 14.8. The van der Waals surface area contributed by atoms with Crippen LogP contribution in [-0.2, 0) is 10.2 Å². The number of piperidine rings is 1. The average Bonchev–Trinajstić information content (AvgIpc) is 3.37. The van der Waals surface area contributed by atoms with Crippen molar-refractivity contribution < 1.29 is 4.79 Å². The molecule has 1 saturated heterocycles. The van der Waals surface area contributed by atoms with Crippen molar-refractivity contribution in [2.45, 2.75) is 51.0 Å². The number of carbonyl (C=O) groups excluding carboxylic acids is 1. The predicted octanol–water partition coefficient (Wildman–Crippen LogP) is 3.35. The van der Waals surface area contributed by atoms with Gasteiger partial charge in [0.05, 0.1) is 0 Å². The minimum Gasteiger partial charge on any atom is -0.352 e. The van der Waals surface area contributed by atoms with Crippen LogP contribution in [0.5, 0.6) is 0 Å². The second kappa shape index (κ2) is 6.03. The van der Waals surface area contributed by atoms with E-state index in [1.807, 2.05) is 0 Å². The average molecular weight is 324 g/mol. The zero-order valence-corrected chi connectivity index (χ0v) is 14.8. The molecule has 3 aliphatic rings. The highest BCUT2D eigenvalue weighted by Gasteiger charge is 2.42. The lowest BCUT2D eigenvalue weighted by Crippen LogP contribution is -2.44. The van der Waals surface area contributed by atoms with Crippen LogP contribution in [0.2, 0.25) is 0 Å². The molecule has 1 aromatic carbocycles. The fourth-order valence-electron chi connectivity index (χ4n) is 4.28. The third-order valence-corrected chi connectivity index (χ3v) is 6.09. The normalized spacial score (nSPS) is 22.5. The predicted molar refractivity (Wildman–Crippen MR) is 97.8 cm³/mol. The monoisotopic (exact) mass is 324 g/mol. The first-order valence-electron chi connectivity index (χ1n) is 9.44. The van der Waals surface area contributed by atoms with E-state index >= 15 is 0 Å². The number of allylic oxidation sites excluding steroid dienone is 1. The SMILES string of the molecule is CC(C)N1CCC2(C=C(C(=O)NCC3CC3)c3ccccc32)CC1. The Labute approximate surface area is 145 Å². The van der Waals surface area contributed by atoms with Crippen molar-refractivity contribution in [1.82, 2.24) is 10.2 Å². The molecule has 4 rings (SSSR count). The van der Waals surface area contributed by atoms with Gasteiger partial charge < -0.3 is 10.2 Å². The minimum atomic E-state index is 0.0637. The molecule has 128 valence electrons. The molecule has 0 aromatic heterocycles. The number of likely N-dealkylation sites (tertiary alicyclic amines) is 1. The van der Waals surface area contributed by atoms with Crippen molar-refractivity contribution in [1.29, 1.82) is 0 Å². The smallest absolute Gasteiger partial charge is 0.251 e. The molecule has 1 N–H and O–H groups in total. The topological polar surface area (TPSA) is 32.3 Å². The van der Waals surface area contributed by atoms with Crippen LogP contribution >= 0.6 is 0 Å². The van der Waals surface area contributed by atoms with Crippen molar-refractivity contribution in [2.24, 2.45) is 5.92 Å². The summed E-state index contributed by atoms with van der Waals surface area (Å²) >= 11 is 0. The number of rotatable bonds is 4. The highest BCUT2D eigenvalue weighted by molar-refractivity contribution is 6.21. The van der Waals surface area contributed by atoms with Crippen LogP contribution in [0.1, 0.15) is 50.7 Å². The van der Waals surface area contributed by atoms with Gasteiger partial charge >= 0.3 is 0 Å². The maximum absolute atomic E-state index is 12.7. The summed E-state index contributed by atoms with van der Waals surface area (Å²) in [6, 6.07) is 9.14. The highest BCUT2D eigenvalue weighted by Crippen LogP contribution is 2.47. The van der Waals surface area contributed by atoms with Gasteiger partial charge in [0.2, 0.25) is 0 Å². The summed E-state index contributed by atoms with van der Waals surface area (Å²) in [6.07, 6.45) is 7.05. The molecule has 2 aliphatic carbocycles. The van der Waals surface area contributed by atoms with E-state index in [4.69, 9.17) is 0 Å². The largest absolute Gasteiger partial charge is 0.352 e. The Morgan fingerprint density at radius 2 is 1.96 bits per heavy atom. The molecule has 3 nitrogen and oxygen atoms in total. The Hall–Kier alpha value is -1.61. The zero-order chi connectivity index (χ0) is 16.7. The second-order valence-corrected chi connectivity index (χ2v) is 8.04. The molecule has 1 amide bonds. The number of benzene rings is 1. The fraction of sp³-hybridized carbons (Fsp3) is 0.571. The van der Waals surface area contributed by atoms with E-state index in [0.29, 0.717) is 6.04 Å². The quantitative estimate of drug-likeness (QED) is 0.921. The molecule has 1 saturated carbocycles. The maximum atomic E-state index is 12.7. The first-order chi connectivity index (χ1) is 11.6. The van der Waals surface area contributed by atoms with Crippen LogP contribution in [-0.4, -0.2) is 36.5 Å². The van der Waals surface area contributed by atoms with E-state index < -0.39 is 0 Å². The molecule has 2 fully saturated rings. The van der Waals surface area contributed by atoms with Gasteiger partial charge in [-0.25, -0.2) is 0 Å². The van der Waals surface area contributed by atoms with Gasteiger partial charge in [0.1, 0.15) is 0 Å². The summed E-state index contributed by atoms with van der Waals surface area (Å²) in [7, 11) is 0. The van der Waals surface area contributed by atoms with Crippen molar-refractivity contribution in [3.05, 3.63) is 41.5 Å². The van der Waals surface area contributed by atoms with Crippen molar-refractivity contribution in [2.75, 3.05) is 19.6 Å². The van der Waals surface area contributed by atoms with Crippen molar-refractivity contribution in [3.8, 4) is 0 Å². The molecular formula is C21H28N2O. The summed E-state index contributed by atoms with van der Waals surface area (Å²) in [5.41, 5.74) is 3.49. The molecule has 0 atom stereocenters. The molecule has 3 heteroatoms. The molecule has 0 bridgehead atoms. The van der Waals surface area contributed by atoms with Gasteiger partial charge in [0.25, 0.3) is 5.91 Å². The number of hydrogen-bond donors (Lipinski definition) is 1. The Bertz CT molecular complexity index is 664. The molecule has 1 aliphatic heterocycles. The summed E-state index contributed by atoms with van der Waals surface area (Å²) in [4.78, 5) is 15.3. The van der Waals surface area contributed by atoms with E-state index in [2.05, 4.69) is 54.4 Å². The van der Waals surface area contributed by atoms with E-state index in [1.165, 1.54) is 18.4 Å². The number of hydrogen-bond acceptors (Lipinski definition) is 2. The van der Waals surface area contributed by atoms with Gasteiger partial charge in [-0.1, -0.05) is 30.3 Å². The van der Waals surface area contributed by atoms with Crippen LogP contribution in [0, 0.1) is 5.92 Å². The Kier molecular flexibility index (Phi) is 4.00. The molecule has 0 radical (unpaired) electrons. The van der Waals surface area contributed by atoms with Gasteiger partial charge in [-0.2, -0.15) is 0 Å². The number of carbonyl (C=O) groups is 1. The number of fused-ring (bicyclic) bond motifs is 2. The van der Waals surface area contributed by atoms with E-state index in [9.17, 15) is 4.79 Å². The minimum absolute atomic E-state index is 0.0637. The molecule has 1 heterocycles. The van der Waals surface area contributed by atoms with Crippen LogP contribution < -0.4 is 5.32 Å². The summed E-state index contributed by atoms with van der Waals surface area (Å²) in [5, 5.41) is 3.16. The van der Waals surface area contributed by atoms with Crippen LogP contribution in [0.25, 0.3) is 5.57 Å². The summed E-state index contributed by atoms with van der Waals surface area (Å²) in [6.45, 7) is 7.60. The summed E-state index contributed by atoms with van der Waals surface area (Å²) < 4.78 is 0. The molecule has 1 spiro atoms. The summed E-state index contributed by atoms with van der Waals surface area (Å²) in [5.74, 6) is 0.840. The maximum Gasteiger partial charge on any atom is 0.251 e. The molecule has 1 aromatic rings. The molecular weight excluding hydrogens is 296 g/mol. The van der Waals surface area contributed by atoms with E-state index in [1.54, 1.807) is 0 Å². The van der Waals surface area contributed by atoms with Crippen LogP contribution in [0.15, 0.2) is 30.3 Å². The van der Waals surface area contributed by atoms with Crippen molar-refractivity contribution in [3.63, 3.8) is 0 Å². The lowest BCUT2D eigenvalue weighted by atomic mass is 9.74. The van der Waals surface area contributed by atoms with E-state index in [-0.39, 0.29) is 11.3 Å². The Morgan fingerprint density at radius 1 is 1.25 bits per heavy atom. The third kappa shape index (κ3) is 2.79. The lowest BCUT2D eigenvalue weighted by Gasteiger charge is -2.41. The lowest BCUT2D eigenvalue weighted by molar-refractivity contribution is -0.115. The van der Waals surface area contributed by atoms with Gasteiger partial charge in [-0.15, -0.1) is 0 Å². The van der Waals surface area contributed by atoms with Gasteiger partial charge in [-0.05, 0) is 69.7 Å². The van der Waals surface area contributed by atoms with Crippen molar-refractivity contribution >= 4 is 11.5 Å². The number of nitrogens with one attached hydrogen (secondary N) is 1. The number of nitrogens with zero attached hydrogens (tertiary/aromatic N) is 1. The first-order valence-corrected chi connectivity index (χ1v) is 9.44.